The zero-order chi connectivity index (χ0) is 21.7. The van der Waals surface area contributed by atoms with Gasteiger partial charge in [-0.05, 0) is 50.0 Å². The van der Waals surface area contributed by atoms with Gasteiger partial charge in [0.05, 0.1) is 5.16 Å². The fraction of sp³-hybridized carbons (Fsp3) is 0.357. The van der Waals surface area contributed by atoms with E-state index in [-0.39, 0.29) is 10.8 Å². The Bertz CT molecular complexity index is 1000. The highest BCUT2D eigenvalue weighted by Gasteiger charge is 2.58. The second-order valence-electron chi connectivity index (χ2n) is 8.63. The molecule has 1 fully saturated rings. The van der Waals surface area contributed by atoms with E-state index in [0.29, 0.717) is 0 Å². The molecule has 1 aliphatic heterocycles. The quantitative estimate of drug-likeness (QED) is 0.364. The molecule has 1 heterocycles. The molecule has 3 aromatic carbocycles. The smallest absolute Gasteiger partial charge is 0.132 e. The molecule has 0 amide bonds. The largest absolute Gasteiger partial charge is 0.317 e. The molecule has 3 atom stereocenters. The molecular formula is C28H34NOP. The van der Waals surface area contributed by atoms with Crippen LogP contribution in [-0.2, 0) is 9.72 Å². The Morgan fingerprint density at radius 1 is 0.839 bits per heavy atom. The molecule has 0 aromatic heterocycles. The molecule has 0 saturated carbocycles. The van der Waals surface area contributed by atoms with Gasteiger partial charge in [0.25, 0.3) is 0 Å². The van der Waals surface area contributed by atoms with E-state index >= 15 is 4.57 Å². The van der Waals surface area contributed by atoms with Crippen molar-refractivity contribution in [1.82, 2.24) is 4.90 Å². The van der Waals surface area contributed by atoms with Gasteiger partial charge in [-0.3, -0.25) is 0 Å². The van der Waals surface area contributed by atoms with Gasteiger partial charge in [-0.1, -0.05) is 105 Å². The van der Waals surface area contributed by atoms with Gasteiger partial charge < -0.3 is 9.46 Å². The maximum Gasteiger partial charge on any atom is 0.132 e. The molecule has 2 nitrogen and oxygen atoms in total. The van der Waals surface area contributed by atoms with E-state index in [1.165, 1.54) is 11.1 Å². The second kappa shape index (κ2) is 9.55. The molecule has 1 unspecified atom stereocenters. The maximum atomic E-state index is 15.6. The van der Waals surface area contributed by atoms with E-state index in [2.05, 4.69) is 104 Å². The summed E-state index contributed by atoms with van der Waals surface area (Å²) in [7, 11) is -2.82. The maximum absolute atomic E-state index is 15.6. The molecule has 1 aliphatic rings. The van der Waals surface area contributed by atoms with Crippen LogP contribution in [0.15, 0.2) is 91.0 Å². The van der Waals surface area contributed by atoms with Gasteiger partial charge in [-0.25, -0.2) is 0 Å². The summed E-state index contributed by atoms with van der Waals surface area (Å²) < 4.78 is 15.6. The van der Waals surface area contributed by atoms with E-state index < -0.39 is 7.14 Å². The minimum absolute atomic E-state index is 0.0630. The van der Waals surface area contributed by atoms with Gasteiger partial charge >= 0.3 is 0 Å². The van der Waals surface area contributed by atoms with E-state index in [4.69, 9.17) is 0 Å². The highest BCUT2D eigenvalue weighted by Crippen LogP contribution is 2.79. The lowest BCUT2D eigenvalue weighted by molar-refractivity contribution is 0.280. The van der Waals surface area contributed by atoms with Crippen molar-refractivity contribution >= 4 is 12.4 Å². The molecule has 1 saturated heterocycles. The predicted molar refractivity (Wildman–Crippen MR) is 133 cm³/mol. The lowest BCUT2D eigenvalue weighted by atomic mass is 9.89. The zero-order valence-electron chi connectivity index (χ0n) is 18.8. The Balaban J connectivity index is 1.90. The topological polar surface area (TPSA) is 20.3 Å². The van der Waals surface area contributed by atoms with Crippen LogP contribution < -0.4 is 5.30 Å². The Hall–Kier alpha value is -2.15. The molecule has 0 aliphatic carbocycles. The van der Waals surface area contributed by atoms with Crippen LogP contribution >= 0.6 is 7.14 Å². The Kier molecular flexibility index (Phi) is 6.80. The third kappa shape index (κ3) is 3.93. The number of nitrogens with zero attached hydrogens (tertiary/aromatic N) is 1. The second-order valence-corrected chi connectivity index (χ2v) is 11.9. The van der Waals surface area contributed by atoms with Crippen molar-refractivity contribution in [2.45, 2.75) is 43.9 Å². The van der Waals surface area contributed by atoms with E-state index in [1.807, 2.05) is 6.07 Å². The first-order valence-corrected chi connectivity index (χ1v) is 13.4. The van der Waals surface area contributed by atoms with Gasteiger partial charge in [0.2, 0.25) is 0 Å². The normalized spacial score (nSPS) is 25.7. The zero-order valence-corrected chi connectivity index (χ0v) is 19.7. The summed E-state index contributed by atoms with van der Waals surface area (Å²) in [5, 5.41) is 0.698. The monoisotopic (exact) mass is 431 g/mol. The summed E-state index contributed by atoms with van der Waals surface area (Å²) >= 11 is 0. The van der Waals surface area contributed by atoms with Gasteiger partial charge in [-0.15, -0.1) is 0 Å². The molecule has 4 rings (SSSR count). The molecule has 0 spiro atoms. The van der Waals surface area contributed by atoms with Gasteiger partial charge in [0.1, 0.15) is 7.14 Å². The first kappa shape index (κ1) is 22.1. The average molecular weight is 432 g/mol. The number of rotatable bonds is 8. The molecule has 162 valence electrons. The average Bonchev–Trinajstić information content (AvgIpc) is 3.15. The molecule has 0 N–H and O–H groups in total. The highest BCUT2D eigenvalue weighted by molar-refractivity contribution is 7.73. The molecule has 0 bridgehead atoms. The summed E-state index contributed by atoms with van der Waals surface area (Å²) in [6.45, 7) is 7.46. The van der Waals surface area contributed by atoms with Crippen molar-refractivity contribution in [3.8, 4) is 0 Å². The molecule has 0 radical (unpaired) electrons. The van der Waals surface area contributed by atoms with Crippen LogP contribution in [0.2, 0.25) is 0 Å². The lowest BCUT2D eigenvalue weighted by Crippen LogP contribution is -2.34. The lowest BCUT2D eigenvalue weighted by Gasteiger charge is -2.40. The van der Waals surface area contributed by atoms with Gasteiger partial charge in [0.15, 0.2) is 0 Å². The predicted octanol–water partition coefficient (Wildman–Crippen LogP) is 6.84. The van der Waals surface area contributed by atoms with Crippen LogP contribution in [0.1, 0.15) is 49.9 Å². The molecule has 3 heteroatoms. The van der Waals surface area contributed by atoms with Crippen molar-refractivity contribution < 1.29 is 4.57 Å². The third-order valence-corrected chi connectivity index (χ3v) is 11.8. The van der Waals surface area contributed by atoms with Gasteiger partial charge in [0, 0.05) is 11.0 Å². The van der Waals surface area contributed by atoms with E-state index in [9.17, 15) is 0 Å². The summed E-state index contributed by atoms with van der Waals surface area (Å²) in [5.41, 5.74) is 2.52. The SMILES string of the molecule is CCN(CC)CC[C@]1(c2ccccc2)CC[C@@H](c2ccccc2)P1(=O)c1ccccc1. The van der Waals surface area contributed by atoms with Crippen LogP contribution in [0.3, 0.4) is 0 Å². The van der Waals surface area contributed by atoms with Crippen molar-refractivity contribution in [2.24, 2.45) is 0 Å². The summed E-state index contributed by atoms with van der Waals surface area (Å²) in [6, 6.07) is 31.6. The van der Waals surface area contributed by atoms with Crippen LogP contribution in [0.25, 0.3) is 0 Å². The van der Waals surface area contributed by atoms with Crippen molar-refractivity contribution in [3.05, 3.63) is 102 Å². The minimum atomic E-state index is -2.82. The minimum Gasteiger partial charge on any atom is -0.317 e. The van der Waals surface area contributed by atoms with Crippen molar-refractivity contribution in [2.75, 3.05) is 19.6 Å². The fourth-order valence-corrected chi connectivity index (χ4v) is 10.1. The van der Waals surface area contributed by atoms with E-state index in [1.54, 1.807) is 0 Å². The summed E-state index contributed by atoms with van der Waals surface area (Å²) in [6.07, 6.45) is 2.85. The number of hydrogen-bond acceptors (Lipinski definition) is 2. The van der Waals surface area contributed by atoms with Crippen molar-refractivity contribution in [1.29, 1.82) is 0 Å². The molecular weight excluding hydrogens is 397 g/mol. The number of hydrogen-bond donors (Lipinski definition) is 0. The Morgan fingerprint density at radius 3 is 1.97 bits per heavy atom. The van der Waals surface area contributed by atoms with Crippen LogP contribution in [0.5, 0.6) is 0 Å². The summed E-state index contributed by atoms with van der Waals surface area (Å²) in [5.74, 6) is 0. The third-order valence-electron chi connectivity index (χ3n) is 7.28. The fourth-order valence-electron chi connectivity index (χ4n) is 5.55. The molecule has 31 heavy (non-hydrogen) atoms. The molecule has 3 aromatic rings. The Morgan fingerprint density at radius 2 is 1.39 bits per heavy atom. The Labute approximate surface area is 187 Å². The van der Waals surface area contributed by atoms with Crippen LogP contribution in [0, 0.1) is 0 Å². The van der Waals surface area contributed by atoms with Crippen molar-refractivity contribution in [3.63, 3.8) is 0 Å². The standard InChI is InChI=1S/C28H34NOP/c1-3-29(4-2)23-22-28(25-16-10-6-11-17-25)21-20-27(24-14-8-5-9-15-24)31(28,30)26-18-12-7-13-19-26/h5-19,27H,3-4,20-23H2,1-2H3/t27-,28-,31?/m0/s1. The summed E-state index contributed by atoms with van der Waals surface area (Å²) in [4.78, 5) is 2.47. The first-order valence-electron chi connectivity index (χ1n) is 11.6. The highest BCUT2D eigenvalue weighted by atomic mass is 31.2. The van der Waals surface area contributed by atoms with Crippen LogP contribution in [0.4, 0.5) is 0 Å². The first-order chi connectivity index (χ1) is 15.2. The van der Waals surface area contributed by atoms with Gasteiger partial charge in [-0.2, -0.15) is 0 Å². The van der Waals surface area contributed by atoms with E-state index in [0.717, 1.165) is 44.2 Å². The van der Waals surface area contributed by atoms with Crippen LogP contribution in [-0.4, -0.2) is 24.5 Å². The number of benzene rings is 3.